The van der Waals surface area contributed by atoms with E-state index >= 15 is 0 Å². The van der Waals surface area contributed by atoms with Crippen LogP contribution in [0, 0.1) is 11.8 Å². The molecule has 1 aromatic rings. The van der Waals surface area contributed by atoms with Crippen molar-refractivity contribution in [3.63, 3.8) is 0 Å². The Balaban J connectivity index is 1.99. The van der Waals surface area contributed by atoms with Crippen LogP contribution in [-0.4, -0.2) is 15.8 Å². The Morgan fingerprint density at radius 2 is 2.15 bits per heavy atom. The zero-order chi connectivity index (χ0) is 14.5. The first kappa shape index (κ1) is 15.6. The lowest BCUT2D eigenvalue weighted by Crippen LogP contribution is -2.36. The highest BCUT2D eigenvalue weighted by Crippen LogP contribution is 2.33. The maximum Gasteiger partial charge on any atom is 0.0624 e. The summed E-state index contributed by atoms with van der Waals surface area (Å²) in [6.07, 6.45) is 8.74. The molecule has 3 unspecified atom stereocenters. The van der Waals surface area contributed by atoms with Gasteiger partial charge < -0.3 is 5.73 Å². The molecule has 3 nitrogen and oxygen atoms in total. The van der Waals surface area contributed by atoms with E-state index in [9.17, 15) is 0 Å². The summed E-state index contributed by atoms with van der Waals surface area (Å²) in [5.74, 6) is 1.61. The molecular weight excluding hydrogens is 246 g/mol. The van der Waals surface area contributed by atoms with Gasteiger partial charge in [-0.25, -0.2) is 0 Å². The summed E-state index contributed by atoms with van der Waals surface area (Å²) in [7, 11) is 0. The molecule has 1 fully saturated rings. The number of nitrogens with two attached hydrogens (primary N) is 1. The summed E-state index contributed by atoms with van der Waals surface area (Å²) >= 11 is 0. The van der Waals surface area contributed by atoms with Crippen LogP contribution in [0.1, 0.15) is 64.3 Å². The van der Waals surface area contributed by atoms with Gasteiger partial charge in [0, 0.05) is 24.7 Å². The zero-order valence-corrected chi connectivity index (χ0v) is 13.4. The number of hydrogen-bond donors (Lipinski definition) is 1. The molecule has 0 saturated heterocycles. The van der Waals surface area contributed by atoms with Crippen molar-refractivity contribution in [2.75, 3.05) is 0 Å². The molecule has 0 bridgehead atoms. The van der Waals surface area contributed by atoms with Gasteiger partial charge >= 0.3 is 0 Å². The molecule has 0 spiro atoms. The van der Waals surface area contributed by atoms with Crippen LogP contribution in [0.4, 0.5) is 0 Å². The van der Waals surface area contributed by atoms with Gasteiger partial charge in [0.05, 0.1) is 5.69 Å². The van der Waals surface area contributed by atoms with E-state index in [2.05, 4.69) is 36.6 Å². The Labute approximate surface area is 123 Å². The topological polar surface area (TPSA) is 43.8 Å². The monoisotopic (exact) mass is 277 g/mol. The van der Waals surface area contributed by atoms with Crippen LogP contribution < -0.4 is 5.73 Å². The molecule has 1 heterocycles. The molecule has 2 N–H and O–H groups in total. The van der Waals surface area contributed by atoms with Gasteiger partial charge in [-0.3, -0.25) is 4.68 Å². The Bertz CT molecular complexity index is 410. The van der Waals surface area contributed by atoms with Gasteiger partial charge in [-0.05, 0) is 44.1 Å². The number of hydrogen-bond acceptors (Lipinski definition) is 2. The van der Waals surface area contributed by atoms with Crippen molar-refractivity contribution in [2.45, 2.75) is 78.3 Å². The fraction of sp³-hybridized carbons (Fsp3) is 0.824. The lowest BCUT2D eigenvalue weighted by molar-refractivity contribution is 0.227. The molecule has 114 valence electrons. The fourth-order valence-corrected chi connectivity index (χ4v) is 3.63. The van der Waals surface area contributed by atoms with Gasteiger partial charge in [-0.15, -0.1) is 0 Å². The van der Waals surface area contributed by atoms with E-state index in [0.29, 0.717) is 12.0 Å². The molecule has 20 heavy (non-hydrogen) atoms. The summed E-state index contributed by atoms with van der Waals surface area (Å²) < 4.78 is 2.14. The standard InChI is InChI=1S/C17H31N3/c1-4-13-8-7-9-14(10-13)17(18)12-16-11-15(5-2)19-20(16)6-3/h11,13-14,17H,4-10,12,18H2,1-3H3. The third-order valence-corrected chi connectivity index (χ3v) is 5.03. The van der Waals surface area contributed by atoms with Crippen molar-refractivity contribution >= 4 is 0 Å². The molecule has 0 aromatic carbocycles. The minimum absolute atomic E-state index is 0.302. The number of rotatable bonds is 6. The lowest BCUT2D eigenvalue weighted by atomic mass is 9.76. The molecular formula is C17H31N3. The van der Waals surface area contributed by atoms with Crippen molar-refractivity contribution < 1.29 is 0 Å². The van der Waals surface area contributed by atoms with Gasteiger partial charge in [0.15, 0.2) is 0 Å². The van der Waals surface area contributed by atoms with Crippen LogP contribution in [0.5, 0.6) is 0 Å². The van der Waals surface area contributed by atoms with E-state index in [0.717, 1.165) is 25.3 Å². The summed E-state index contributed by atoms with van der Waals surface area (Å²) in [5.41, 5.74) is 9.06. The number of aryl methyl sites for hydroxylation is 2. The van der Waals surface area contributed by atoms with Gasteiger partial charge in [-0.1, -0.05) is 33.1 Å². The van der Waals surface area contributed by atoms with Crippen LogP contribution >= 0.6 is 0 Å². The lowest BCUT2D eigenvalue weighted by Gasteiger charge is -2.32. The van der Waals surface area contributed by atoms with Gasteiger partial charge in [-0.2, -0.15) is 5.10 Å². The third kappa shape index (κ3) is 3.63. The van der Waals surface area contributed by atoms with E-state index in [4.69, 9.17) is 5.73 Å². The SMILES string of the molecule is CCc1cc(CC(N)C2CCCC(CC)C2)n(CC)n1. The first-order chi connectivity index (χ1) is 9.67. The van der Waals surface area contributed by atoms with E-state index in [1.807, 2.05) is 0 Å². The van der Waals surface area contributed by atoms with Crippen LogP contribution in [0.15, 0.2) is 6.07 Å². The van der Waals surface area contributed by atoms with Crippen LogP contribution in [0.3, 0.4) is 0 Å². The maximum absolute atomic E-state index is 6.53. The summed E-state index contributed by atoms with van der Waals surface area (Å²) in [6, 6.07) is 2.56. The predicted molar refractivity (Wildman–Crippen MR) is 84.7 cm³/mol. The number of aromatic nitrogens is 2. The van der Waals surface area contributed by atoms with Gasteiger partial charge in [0.2, 0.25) is 0 Å². The van der Waals surface area contributed by atoms with Gasteiger partial charge in [0.25, 0.3) is 0 Å². The second kappa shape index (κ2) is 7.26. The van der Waals surface area contributed by atoms with Crippen molar-refractivity contribution in [1.29, 1.82) is 0 Å². The summed E-state index contributed by atoms with van der Waals surface area (Å²) in [5, 5.41) is 4.64. The first-order valence-corrected chi connectivity index (χ1v) is 8.49. The second-order valence-electron chi connectivity index (χ2n) is 6.37. The normalized spacial score (nSPS) is 24.8. The highest BCUT2D eigenvalue weighted by molar-refractivity contribution is 5.12. The van der Waals surface area contributed by atoms with Crippen molar-refractivity contribution in [3.05, 3.63) is 17.5 Å². The zero-order valence-electron chi connectivity index (χ0n) is 13.4. The van der Waals surface area contributed by atoms with Crippen LogP contribution in [-0.2, 0) is 19.4 Å². The second-order valence-corrected chi connectivity index (χ2v) is 6.37. The minimum Gasteiger partial charge on any atom is -0.327 e. The van der Waals surface area contributed by atoms with E-state index in [1.54, 1.807) is 0 Å². The largest absolute Gasteiger partial charge is 0.327 e. The Morgan fingerprint density at radius 3 is 2.80 bits per heavy atom. The summed E-state index contributed by atoms with van der Waals surface area (Å²) in [4.78, 5) is 0. The number of nitrogens with zero attached hydrogens (tertiary/aromatic N) is 2. The molecule has 0 radical (unpaired) electrons. The minimum atomic E-state index is 0.302. The molecule has 1 saturated carbocycles. The quantitative estimate of drug-likeness (QED) is 0.864. The Hall–Kier alpha value is -0.830. The van der Waals surface area contributed by atoms with E-state index in [-0.39, 0.29) is 0 Å². The molecule has 3 atom stereocenters. The van der Waals surface area contributed by atoms with Crippen LogP contribution in [0.2, 0.25) is 0 Å². The molecule has 1 aromatic heterocycles. The van der Waals surface area contributed by atoms with E-state index in [1.165, 1.54) is 43.5 Å². The van der Waals surface area contributed by atoms with Crippen molar-refractivity contribution in [2.24, 2.45) is 17.6 Å². The Morgan fingerprint density at radius 1 is 1.35 bits per heavy atom. The molecule has 3 heteroatoms. The maximum atomic E-state index is 6.53. The fourth-order valence-electron chi connectivity index (χ4n) is 3.63. The molecule has 2 rings (SSSR count). The highest BCUT2D eigenvalue weighted by atomic mass is 15.3. The molecule has 1 aliphatic rings. The van der Waals surface area contributed by atoms with Crippen molar-refractivity contribution in [3.8, 4) is 0 Å². The Kier molecular flexibility index (Phi) is 5.64. The smallest absolute Gasteiger partial charge is 0.0624 e. The highest BCUT2D eigenvalue weighted by Gasteiger charge is 2.26. The first-order valence-electron chi connectivity index (χ1n) is 8.49. The third-order valence-electron chi connectivity index (χ3n) is 5.03. The van der Waals surface area contributed by atoms with Crippen LogP contribution in [0.25, 0.3) is 0 Å². The molecule has 0 amide bonds. The van der Waals surface area contributed by atoms with Crippen molar-refractivity contribution in [1.82, 2.24) is 9.78 Å². The predicted octanol–water partition coefficient (Wildman–Crippen LogP) is 3.55. The average molecular weight is 277 g/mol. The summed E-state index contributed by atoms with van der Waals surface area (Å²) in [6.45, 7) is 7.59. The molecule has 0 aliphatic heterocycles. The van der Waals surface area contributed by atoms with E-state index < -0.39 is 0 Å². The van der Waals surface area contributed by atoms with Gasteiger partial charge in [0.1, 0.15) is 0 Å². The average Bonchev–Trinajstić information content (AvgIpc) is 2.89. The molecule has 1 aliphatic carbocycles.